The van der Waals surface area contributed by atoms with Crippen LogP contribution in [0.1, 0.15) is 26.7 Å². The Balaban J connectivity index is 3.70. The van der Waals surface area contributed by atoms with Crippen molar-refractivity contribution in [3.8, 4) is 0 Å². The summed E-state index contributed by atoms with van der Waals surface area (Å²) in [4.78, 5) is 24.0. The third-order valence-electron chi connectivity index (χ3n) is 1.78. The highest BCUT2D eigenvalue weighted by Crippen LogP contribution is 2.02. The Hall–Kier alpha value is -1.10. The van der Waals surface area contributed by atoms with Gasteiger partial charge in [0, 0.05) is 39.0 Å². The van der Waals surface area contributed by atoms with Gasteiger partial charge in [0.15, 0.2) is 0 Å². The summed E-state index contributed by atoms with van der Waals surface area (Å²) in [5.41, 5.74) is 5.18. The molecule has 0 aromatic heterocycles. The first kappa shape index (κ1) is 13.9. The van der Waals surface area contributed by atoms with Gasteiger partial charge in [-0.2, -0.15) is 0 Å². The standard InChI is InChI=1S/C10H21N3O2/c1-10(2,11)7-8(14)12-6-5-9(15)13(3)4/h5-7,11H2,1-4H3,(H,12,14). The van der Waals surface area contributed by atoms with E-state index >= 15 is 0 Å². The van der Waals surface area contributed by atoms with Crippen molar-refractivity contribution in [3.05, 3.63) is 0 Å². The molecule has 0 aliphatic rings. The number of nitrogens with two attached hydrogens (primary N) is 1. The molecule has 0 saturated carbocycles. The summed E-state index contributed by atoms with van der Waals surface area (Å²) < 4.78 is 0. The lowest BCUT2D eigenvalue weighted by molar-refractivity contribution is -0.128. The Morgan fingerprint density at radius 2 is 1.87 bits per heavy atom. The van der Waals surface area contributed by atoms with E-state index in [2.05, 4.69) is 5.32 Å². The molecule has 0 heterocycles. The molecule has 3 N–H and O–H groups in total. The van der Waals surface area contributed by atoms with Gasteiger partial charge in [-0.05, 0) is 13.8 Å². The zero-order chi connectivity index (χ0) is 12.1. The summed E-state index contributed by atoms with van der Waals surface area (Å²) in [6.07, 6.45) is 0.590. The number of hydrogen-bond acceptors (Lipinski definition) is 3. The van der Waals surface area contributed by atoms with Gasteiger partial charge in [0.1, 0.15) is 0 Å². The molecule has 0 bridgehead atoms. The van der Waals surface area contributed by atoms with Crippen molar-refractivity contribution >= 4 is 11.8 Å². The van der Waals surface area contributed by atoms with Crippen LogP contribution in [0.2, 0.25) is 0 Å². The zero-order valence-electron chi connectivity index (χ0n) is 9.96. The molecule has 0 spiro atoms. The lowest BCUT2D eigenvalue weighted by atomic mass is 10.0. The monoisotopic (exact) mass is 215 g/mol. The smallest absolute Gasteiger partial charge is 0.223 e. The number of carbonyl (C=O) groups is 2. The Morgan fingerprint density at radius 3 is 2.27 bits per heavy atom. The van der Waals surface area contributed by atoms with E-state index in [9.17, 15) is 9.59 Å². The number of carbonyl (C=O) groups excluding carboxylic acids is 2. The fraction of sp³-hybridized carbons (Fsp3) is 0.800. The third kappa shape index (κ3) is 7.93. The first-order valence-corrected chi connectivity index (χ1v) is 4.98. The van der Waals surface area contributed by atoms with E-state index in [0.29, 0.717) is 13.0 Å². The number of nitrogens with one attached hydrogen (secondary N) is 1. The molecule has 2 amide bonds. The maximum atomic E-state index is 11.3. The third-order valence-corrected chi connectivity index (χ3v) is 1.78. The van der Waals surface area contributed by atoms with Crippen LogP contribution in [0.4, 0.5) is 0 Å². The number of nitrogens with zero attached hydrogens (tertiary/aromatic N) is 1. The van der Waals surface area contributed by atoms with Crippen LogP contribution in [0, 0.1) is 0 Å². The highest BCUT2D eigenvalue weighted by atomic mass is 16.2. The molecule has 5 heteroatoms. The van der Waals surface area contributed by atoms with Crippen LogP contribution in [0.5, 0.6) is 0 Å². The second-order valence-electron chi connectivity index (χ2n) is 4.55. The van der Waals surface area contributed by atoms with E-state index in [4.69, 9.17) is 5.73 Å². The van der Waals surface area contributed by atoms with Crippen LogP contribution >= 0.6 is 0 Å². The van der Waals surface area contributed by atoms with Crippen LogP contribution in [-0.4, -0.2) is 42.9 Å². The van der Waals surface area contributed by atoms with Gasteiger partial charge in [-0.1, -0.05) is 0 Å². The predicted octanol–water partition coefficient (Wildman–Crippen LogP) is -0.292. The predicted molar refractivity (Wildman–Crippen MR) is 59.2 cm³/mol. The molecule has 88 valence electrons. The quantitative estimate of drug-likeness (QED) is 0.661. The second kappa shape index (κ2) is 5.70. The summed E-state index contributed by atoms with van der Waals surface area (Å²) >= 11 is 0. The maximum Gasteiger partial charge on any atom is 0.223 e. The van der Waals surface area contributed by atoms with Gasteiger partial charge >= 0.3 is 0 Å². The van der Waals surface area contributed by atoms with Gasteiger partial charge in [-0.3, -0.25) is 9.59 Å². The van der Waals surface area contributed by atoms with Crippen molar-refractivity contribution in [1.82, 2.24) is 10.2 Å². The zero-order valence-corrected chi connectivity index (χ0v) is 9.96. The normalized spacial score (nSPS) is 11.0. The molecule has 0 aromatic carbocycles. The van der Waals surface area contributed by atoms with Gasteiger partial charge in [0.25, 0.3) is 0 Å². The molecule has 0 saturated heterocycles. The van der Waals surface area contributed by atoms with Crippen molar-refractivity contribution in [2.24, 2.45) is 5.73 Å². The van der Waals surface area contributed by atoms with Gasteiger partial charge in [-0.15, -0.1) is 0 Å². The lowest BCUT2D eigenvalue weighted by Gasteiger charge is -2.17. The fourth-order valence-electron chi connectivity index (χ4n) is 1.01. The molecule has 5 nitrogen and oxygen atoms in total. The van der Waals surface area contributed by atoms with E-state index in [0.717, 1.165) is 0 Å². The van der Waals surface area contributed by atoms with Gasteiger partial charge in [0.2, 0.25) is 11.8 Å². The average Bonchev–Trinajstić information content (AvgIpc) is 2.00. The Bertz CT molecular complexity index is 231. The molecular formula is C10H21N3O2. The van der Waals surface area contributed by atoms with E-state index in [1.807, 2.05) is 0 Å². The summed E-state index contributed by atoms with van der Waals surface area (Å²) in [6, 6.07) is 0. The minimum Gasteiger partial charge on any atom is -0.356 e. The molecule has 0 rings (SSSR count). The van der Waals surface area contributed by atoms with Crippen LogP contribution in [0.15, 0.2) is 0 Å². The van der Waals surface area contributed by atoms with Crippen LogP contribution in [0.25, 0.3) is 0 Å². The SMILES string of the molecule is CN(C)C(=O)CCNC(=O)CC(C)(C)N. The first-order valence-electron chi connectivity index (χ1n) is 4.98. The van der Waals surface area contributed by atoms with E-state index < -0.39 is 5.54 Å². The lowest BCUT2D eigenvalue weighted by Crippen LogP contribution is -2.39. The maximum absolute atomic E-state index is 11.3. The largest absolute Gasteiger partial charge is 0.356 e. The Kier molecular flexibility index (Phi) is 5.28. The van der Waals surface area contributed by atoms with Crippen molar-refractivity contribution in [2.45, 2.75) is 32.2 Å². The molecule has 0 radical (unpaired) electrons. The molecule has 0 aromatic rings. The van der Waals surface area contributed by atoms with Gasteiger partial charge in [0.05, 0.1) is 0 Å². The Morgan fingerprint density at radius 1 is 1.33 bits per heavy atom. The highest BCUT2D eigenvalue weighted by Gasteiger charge is 2.16. The summed E-state index contributed by atoms with van der Waals surface area (Å²) in [5, 5.41) is 2.66. The van der Waals surface area contributed by atoms with Crippen molar-refractivity contribution in [1.29, 1.82) is 0 Å². The molecule has 0 unspecified atom stereocenters. The van der Waals surface area contributed by atoms with Crippen LogP contribution in [0.3, 0.4) is 0 Å². The van der Waals surface area contributed by atoms with E-state index in [1.165, 1.54) is 4.90 Å². The molecule has 0 atom stereocenters. The van der Waals surface area contributed by atoms with Crippen molar-refractivity contribution in [2.75, 3.05) is 20.6 Å². The first-order chi connectivity index (χ1) is 6.72. The van der Waals surface area contributed by atoms with Crippen LogP contribution in [-0.2, 0) is 9.59 Å². The molecule has 0 fully saturated rings. The van der Waals surface area contributed by atoms with Crippen molar-refractivity contribution < 1.29 is 9.59 Å². The second-order valence-corrected chi connectivity index (χ2v) is 4.55. The van der Waals surface area contributed by atoms with Gasteiger partial charge < -0.3 is 16.0 Å². The Labute approximate surface area is 91.0 Å². The van der Waals surface area contributed by atoms with Crippen LogP contribution < -0.4 is 11.1 Å². The van der Waals surface area contributed by atoms with Gasteiger partial charge in [-0.25, -0.2) is 0 Å². The molecular weight excluding hydrogens is 194 g/mol. The molecule has 15 heavy (non-hydrogen) atoms. The fourth-order valence-corrected chi connectivity index (χ4v) is 1.01. The number of hydrogen-bond donors (Lipinski definition) is 2. The molecule has 0 aliphatic heterocycles. The average molecular weight is 215 g/mol. The van der Waals surface area contributed by atoms with E-state index in [1.54, 1.807) is 27.9 Å². The summed E-state index contributed by atoms with van der Waals surface area (Å²) in [7, 11) is 3.38. The summed E-state index contributed by atoms with van der Waals surface area (Å²) in [5.74, 6) is -0.114. The topological polar surface area (TPSA) is 75.4 Å². The number of amides is 2. The minimum atomic E-state index is -0.504. The summed E-state index contributed by atoms with van der Waals surface area (Å²) in [6.45, 7) is 3.95. The molecule has 0 aliphatic carbocycles. The minimum absolute atomic E-state index is 0.00214. The number of rotatable bonds is 5. The highest BCUT2D eigenvalue weighted by molar-refractivity contribution is 5.79. The van der Waals surface area contributed by atoms with Crippen molar-refractivity contribution in [3.63, 3.8) is 0 Å². The van der Waals surface area contributed by atoms with E-state index in [-0.39, 0.29) is 18.2 Å².